The van der Waals surface area contributed by atoms with Gasteiger partial charge in [-0.3, -0.25) is 0 Å². The second kappa shape index (κ2) is 15.7. The molecule has 0 radical (unpaired) electrons. The van der Waals surface area contributed by atoms with Crippen molar-refractivity contribution in [3.8, 4) is 17.0 Å². The Labute approximate surface area is 242 Å². The third kappa shape index (κ3) is 10.3. The van der Waals surface area contributed by atoms with E-state index in [2.05, 4.69) is 17.1 Å². The molecular formula is C27H29Cl3N2O5S. The number of thiocarbonyl (C=S) groups is 1. The zero-order valence-corrected chi connectivity index (χ0v) is 24.1. The minimum Gasteiger partial charge on any atom is -0.480 e. The van der Waals surface area contributed by atoms with Crippen LogP contribution in [0.5, 0.6) is 5.75 Å². The molecule has 38 heavy (non-hydrogen) atoms. The Morgan fingerprint density at radius 3 is 2.32 bits per heavy atom. The van der Waals surface area contributed by atoms with Gasteiger partial charge in [-0.15, -0.1) is 10.2 Å². The fourth-order valence-corrected chi connectivity index (χ4v) is 4.43. The van der Waals surface area contributed by atoms with E-state index in [1.807, 2.05) is 37.3 Å². The highest BCUT2D eigenvalue weighted by atomic mass is 35.5. The van der Waals surface area contributed by atoms with Crippen LogP contribution >= 0.6 is 47.0 Å². The van der Waals surface area contributed by atoms with Crippen molar-refractivity contribution < 1.29 is 24.5 Å². The fourth-order valence-electron chi connectivity index (χ4n) is 3.63. The Balaban J connectivity index is 0.000000328. The summed E-state index contributed by atoms with van der Waals surface area (Å²) in [5.74, 6) is -0.737. The molecule has 1 aromatic heterocycles. The summed E-state index contributed by atoms with van der Waals surface area (Å²) in [6.45, 7) is 3.65. The van der Waals surface area contributed by atoms with Crippen LogP contribution in [0.4, 0.5) is 0 Å². The number of benzene rings is 2. The second-order valence-corrected chi connectivity index (χ2v) is 10.0. The van der Waals surface area contributed by atoms with Crippen LogP contribution in [0.25, 0.3) is 11.3 Å². The molecule has 2 N–H and O–H groups in total. The number of carboxylic acid groups (broad SMARTS) is 1. The first-order valence-electron chi connectivity index (χ1n) is 11.9. The lowest BCUT2D eigenvalue weighted by Gasteiger charge is -2.31. The molecular weight excluding hydrogens is 571 g/mol. The van der Waals surface area contributed by atoms with Crippen molar-refractivity contribution in [2.45, 2.75) is 51.6 Å². The zero-order chi connectivity index (χ0) is 28.1. The third-order valence-electron chi connectivity index (χ3n) is 5.45. The van der Waals surface area contributed by atoms with Gasteiger partial charge in [0, 0.05) is 28.4 Å². The highest BCUT2D eigenvalue weighted by molar-refractivity contribution is 7.79. The van der Waals surface area contributed by atoms with Gasteiger partial charge in [0.2, 0.25) is 0 Å². The van der Waals surface area contributed by atoms with Gasteiger partial charge in [-0.2, -0.15) is 0 Å². The van der Waals surface area contributed by atoms with Gasteiger partial charge in [0.15, 0.2) is 11.8 Å². The summed E-state index contributed by atoms with van der Waals surface area (Å²) >= 11 is 22.2. The van der Waals surface area contributed by atoms with E-state index in [0.717, 1.165) is 36.8 Å². The molecule has 0 amide bonds. The van der Waals surface area contributed by atoms with Crippen LogP contribution in [-0.4, -0.2) is 38.2 Å². The van der Waals surface area contributed by atoms with E-state index in [0.29, 0.717) is 27.9 Å². The first-order valence-corrected chi connectivity index (χ1v) is 13.4. The van der Waals surface area contributed by atoms with Gasteiger partial charge in [-0.05, 0) is 44.0 Å². The lowest BCUT2D eigenvalue weighted by Crippen LogP contribution is -2.30. The summed E-state index contributed by atoms with van der Waals surface area (Å²) in [6, 6.07) is 16.0. The predicted molar refractivity (Wildman–Crippen MR) is 154 cm³/mol. The van der Waals surface area contributed by atoms with Crippen LogP contribution in [0.3, 0.4) is 0 Å². The molecule has 1 atom stereocenters. The maximum absolute atomic E-state index is 10.2. The van der Waals surface area contributed by atoms with Crippen LogP contribution in [0.2, 0.25) is 15.2 Å². The molecule has 204 valence electrons. The summed E-state index contributed by atoms with van der Waals surface area (Å²) in [7, 11) is 0. The molecule has 7 nitrogen and oxygen atoms in total. The minimum atomic E-state index is -1.05. The zero-order valence-electron chi connectivity index (χ0n) is 21.0. The number of nitrogens with zero attached hydrogens (tertiary/aromatic N) is 2. The maximum atomic E-state index is 10.2. The van der Waals surface area contributed by atoms with Gasteiger partial charge < -0.3 is 19.7 Å². The van der Waals surface area contributed by atoms with Crippen molar-refractivity contribution >= 4 is 58.2 Å². The number of aromatic nitrogens is 2. The number of hydrogen-bond donors (Lipinski definition) is 2. The quantitative estimate of drug-likeness (QED) is 0.168. The van der Waals surface area contributed by atoms with E-state index in [1.165, 1.54) is 12.1 Å². The van der Waals surface area contributed by atoms with Crippen LogP contribution < -0.4 is 4.74 Å². The lowest BCUT2D eigenvalue weighted by molar-refractivity contribution is -0.139. The summed E-state index contributed by atoms with van der Waals surface area (Å²) in [5.41, 5.74) is 1.53. The van der Waals surface area contributed by atoms with Crippen molar-refractivity contribution in [2.75, 3.05) is 6.61 Å². The summed E-state index contributed by atoms with van der Waals surface area (Å²) in [5, 5.41) is 26.8. The smallest absolute Gasteiger partial charge is 0.350 e. The standard InChI is InChI=1S/C19H23ClN2O2S.C8H6Cl2O3/c1-3-4-5-9-12-19(2,24-18(23)25)15-13-16(20)21-22-17(15)14-10-7-6-8-11-14;9-5-1-2-7(6(10)3-5)13-4-8(11)12/h6-8,10-11,13H,3-5,9,12H2,1-2H3,(H,23,25);1-3H,4H2,(H,11,12). The molecule has 0 spiro atoms. The molecule has 1 heterocycles. The van der Waals surface area contributed by atoms with E-state index < -0.39 is 23.4 Å². The van der Waals surface area contributed by atoms with Crippen molar-refractivity contribution in [1.29, 1.82) is 0 Å². The molecule has 2 aromatic carbocycles. The Kier molecular flexibility index (Phi) is 13.0. The SMILES string of the molecule is CCCCCCC(C)(OC(O)=S)c1cc(Cl)nnc1-c1ccccc1.O=C(O)COc1ccc(Cl)cc1Cl. The van der Waals surface area contributed by atoms with Gasteiger partial charge in [-0.25, -0.2) is 4.79 Å². The molecule has 3 rings (SSSR count). The molecule has 3 aromatic rings. The number of hydrogen-bond acceptors (Lipinski definition) is 6. The molecule has 0 aliphatic rings. The number of aliphatic hydroxyl groups is 1. The minimum absolute atomic E-state index is 0.280. The van der Waals surface area contributed by atoms with Gasteiger partial charge in [0.1, 0.15) is 17.0 Å². The number of aliphatic hydroxyl groups excluding tert-OH is 1. The third-order valence-corrected chi connectivity index (χ3v) is 6.24. The number of carboxylic acids is 1. The van der Waals surface area contributed by atoms with Gasteiger partial charge >= 0.3 is 11.2 Å². The van der Waals surface area contributed by atoms with Crippen LogP contribution in [-0.2, 0) is 15.1 Å². The topological polar surface area (TPSA) is 102 Å². The van der Waals surface area contributed by atoms with E-state index in [4.69, 9.17) is 61.6 Å². The van der Waals surface area contributed by atoms with E-state index in [9.17, 15) is 9.90 Å². The number of aliphatic carboxylic acids is 1. The van der Waals surface area contributed by atoms with E-state index in [-0.39, 0.29) is 5.15 Å². The largest absolute Gasteiger partial charge is 0.480 e. The highest BCUT2D eigenvalue weighted by Crippen LogP contribution is 2.38. The molecule has 0 bridgehead atoms. The van der Waals surface area contributed by atoms with Crippen LogP contribution in [0.15, 0.2) is 54.6 Å². The molecule has 0 aliphatic heterocycles. The average molecular weight is 600 g/mol. The van der Waals surface area contributed by atoms with E-state index >= 15 is 0 Å². The first-order chi connectivity index (χ1) is 18.1. The number of halogens is 3. The molecule has 0 fully saturated rings. The fraction of sp³-hybridized carbons (Fsp3) is 0.333. The highest BCUT2D eigenvalue weighted by Gasteiger charge is 2.33. The van der Waals surface area contributed by atoms with E-state index in [1.54, 1.807) is 12.1 Å². The van der Waals surface area contributed by atoms with Gasteiger partial charge in [-0.1, -0.05) is 91.3 Å². The van der Waals surface area contributed by atoms with Crippen molar-refractivity contribution in [3.63, 3.8) is 0 Å². The van der Waals surface area contributed by atoms with Gasteiger partial charge in [0.25, 0.3) is 0 Å². The summed E-state index contributed by atoms with van der Waals surface area (Å²) < 4.78 is 10.5. The monoisotopic (exact) mass is 598 g/mol. The maximum Gasteiger partial charge on any atom is 0.350 e. The summed E-state index contributed by atoms with van der Waals surface area (Å²) in [6.07, 6.45) is 5.02. The molecule has 0 saturated carbocycles. The molecule has 0 aliphatic carbocycles. The van der Waals surface area contributed by atoms with Crippen molar-refractivity contribution in [2.24, 2.45) is 0 Å². The molecule has 11 heteroatoms. The van der Waals surface area contributed by atoms with Gasteiger partial charge in [0.05, 0.1) is 5.02 Å². The van der Waals surface area contributed by atoms with Crippen LogP contribution in [0, 0.1) is 0 Å². The van der Waals surface area contributed by atoms with Crippen LogP contribution in [0.1, 0.15) is 51.5 Å². The first kappa shape index (κ1) is 31.6. The second-order valence-electron chi connectivity index (χ2n) is 8.46. The number of unbranched alkanes of at least 4 members (excludes halogenated alkanes) is 3. The molecule has 1 unspecified atom stereocenters. The summed E-state index contributed by atoms with van der Waals surface area (Å²) in [4.78, 5) is 10.2. The molecule has 0 saturated heterocycles. The van der Waals surface area contributed by atoms with Crippen molar-refractivity contribution in [1.82, 2.24) is 10.2 Å². The number of rotatable bonds is 11. The number of carbonyl (C=O) groups is 1. The Morgan fingerprint density at radius 1 is 1.00 bits per heavy atom. The van der Waals surface area contributed by atoms with Crippen molar-refractivity contribution in [3.05, 3.63) is 75.4 Å². The normalized spacial score (nSPS) is 12.0. The predicted octanol–water partition coefficient (Wildman–Crippen LogP) is 8.30. The Morgan fingerprint density at radius 2 is 1.71 bits per heavy atom. The Hall–Kier alpha value is -2.65. The lowest BCUT2D eigenvalue weighted by atomic mass is 9.87. The Bertz CT molecular complexity index is 1220. The number of ether oxygens (including phenoxy) is 2. The average Bonchev–Trinajstić information content (AvgIpc) is 2.86.